The van der Waals surface area contributed by atoms with Crippen molar-refractivity contribution in [2.75, 3.05) is 10.0 Å². The molecule has 30 heavy (non-hydrogen) atoms. The molecule has 0 bridgehead atoms. The first-order valence-electron chi connectivity index (χ1n) is 9.01. The van der Waals surface area contributed by atoms with E-state index in [2.05, 4.69) is 20.3 Å². The number of urea groups is 1. The van der Waals surface area contributed by atoms with Crippen molar-refractivity contribution in [2.24, 2.45) is 0 Å². The molecule has 0 atom stereocenters. The third-order valence-electron chi connectivity index (χ3n) is 4.14. The van der Waals surface area contributed by atoms with Gasteiger partial charge in [0.15, 0.2) is 5.78 Å². The van der Waals surface area contributed by atoms with E-state index in [0.717, 1.165) is 5.56 Å². The van der Waals surface area contributed by atoms with Crippen LogP contribution in [0.15, 0.2) is 78.0 Å². The molecule has 3 N–H and O–H groups in total. The SMILES string of the molecule is CC(=O)c1ccc(NS(=O)(=O)c2ccc(NC(=O)NCc3cccnc3)cc2)cc1. The van der Waals surface area contributed by atoms with E-state index in [1.54, 1.807) is 30.6 Å². The number of nitrogens with zero attached hydrogens (tertiary/aromatic N) is 1. The van der Waals surface area contributed by atoms with Crippen molar-refractivity contribution in [2.45, 2.75) is 18.4 Å². The van der Waals surface area contributed by atoms with Crippen molar-refractivity contribution in [3.63, 3.8) is 0 Å². The second-order valence-corrected chi connectivity index (χ2v) is 8.11. The maximum atomic E-state index is 12.5. The Bertz CT molecular complexity index is 1130. The van der Waals surface area contributed by atoms with Crippen LogP contribution in [-0.4, -0.2) is 25.2 Å². The molecule has 1 heterocycles. The highest BCUT2D eigenvalue weighted by molar-refractivity contribution is 7.92. The summed E-state index contributed by atoms with van der Waals surface area (Å²) >= 11 is 0. The molecule has 3 aromatic rings. The van der Waals surface area contributed by atoms with E-state index >= 15 is 0 Å². The molecule has 0 aliphatic rings. The number of rotatable bonds is 7. The van der Waals surface area contributed by atoms with Crippen LogP contribution < -0.4 is 15.4 Å². The van der Waals surface area contributed by atoms with Gasteiger partial charge in [-0.2, -0.15) is 0 Å². The number of hydrogen-bond acceptors (Lipinski definition) is 5. The average molecular weight is 424 g/mol. The monoisotopic (exact) mass is 424 g/mol. The van der Waals surface area contributed by atoms with E-state index in [1.165, 1.54) is 43.3 Å². The molecule has 3 rings (SSSR count). The summed E-state index contributed by atoms with van der Waals surface area (Å²) < 4.78 is 27.5. The Morgan fingerprint density at radius 3 is 2.20 bits per heavy atom. The van der Waals surface area contributed by atoms with Gasteiger partial charge in [0.05, 0.1) is 4.90 Å². The molecule has 2 aromatic carbocycles. The summed E-state index contributed by atoms with van der Waals surface area (Å²) in [5, 5.41) is 5.33. The molecule has 0 radical (unpaired) electrons. The van der Waals surface area contributed by atoms with E-state index in [9.17, 15) is 18.0 Å². The van der Waals surface area contributed by atoms with Crippen LogP contribution in [0.2, 0.25) is 0 Å². The average Bonchev–Trinajstić information content (AvgIpc) is 2.73. The molecular weight excluding hydrogens is 404 g/mol. The first-order valence-corrected chi connectivity index (χ1v) is 10.5. The van der Waals surface area contributed by atoms with Crippen molar-refractivity contribution in [3.05, 3.63) is 84.2 Å². The number of nitrogens with one attached hydrogen (secondary N) is 3. The largest absolute Gasteiger partial charge is 0.334 e. The molecule has 0 aliphatic carbocycles. The Balaban J connectivity index is 1.59. The summed E-state index contributed by atoms with van der Waals surface area (Å²) in [5.74, 6) is -0.100. The summed E-state index contributed by atoms with van der Waals surface area (Å²) in [6.07, 6.45) is 3.30. The van der Waals surface area contributed by atoms with Crippen molar-refractivity contribution >= 4 is 33.2 Å². The van der Waals surface area contributed by atoms with E-state index < -0.39 is 16.1 Å². The number of aromatic nitrogens is 1. The van der Waals surface area contributed by atoms with Crippen molar-refractivity contribution < 1.29 is 18.0 Å². The van der Waals surface area contributed by atoms with Crippen molar-refractivity contribution in [1.82, 2.24) is 10.3 Å². The minimum atomic E-state index is -3.81. The standard InChI is InChI=1S/C21H20N4O4S/c1-15(26)17-4-6-19(7-5-17)25-30(28,29)20-10-8-18(9-11-20)24-21(27)23-14-16-3-2-12-22-13-16/h2-13,25H,14H2,1H3,(H2,23,24,27). The first-order chi connectivity index (χ1) is 14.3. The van der Waals surface area contributed by atoms with Crippen LogP contribution in [0.4, 0.5) is 16.2 Å². The zero-order valence-electron chi connectivity index (χ0n) is 16.1. The molecule has 0 spiro atoms. The van der Waals surface area contributed by atoms with Gasteiger partial charge in [0, 0.05) is 35.9 Å². The lowest BCUT2D eigenvalue weighted by atomic mass is 10.1. The van der Waals surface area contributed by atoms with Crippen LogP contribution in [-0.2, 0) is 16.6 Å². The quantitative estimate of drug-likeness (QED) is 0.503. The van der Waals surface area contributed by atoms with E-state index in [-0.39, 0.29) is 10.7 Å². The third kappa shape index (κ3) is 5.65. The maximum absolute atomic E-state index is 12.5. The lowest BCUT2D eigenvalue weighted by Gasteiger charge is -2.10. The number of anilines is 2. The van der Waals surface area contributed by atoms with Gasteiger partial charge in [-0.15, -0.1) is 0 Å². The van der Waals surface area contributed by atoms with Crippen LogP contribution in [0, 0.1) is 0 Å². The fourth-order valence-corrected chi connectivity index (χ4v) is 3.62. The summed E-state index contributed by atoms with van der Waals surface area (Å²) in [6, 6.07) is 15.1. The number of carbonyl (C=O) groups excluding carboxylic acids is 2. The van der Waals surface area contributed by atoms with Gasteiger partial charge < -0.3 is 10.6 Å². The molecule has 8 nitrogen and oxygen atoms in total. The fourth-order valence-electron chi connectivity index (χ4n) is 2.56. The maximum Gasteiger partial charge on any atom is 0.319 e. The Kier molecular flexibility index (Phi) is 6.43. The highest BCUT2D eigenvalue weighted by Crippen LogP contribution is 2.19. The molecule has 0 fully saturated rings. The predicted octanol–water partition coefficient (Wildman–Crippen LogP) is 3.41. The predicted molar refractivity (Wildman–Crippen MR) is 114 cm³/mol. The smallest absolute Gasteiger partial charge is 0.319 e. The summed E-state index contributed by atoms with van der Waals surface area (Å²) in [5.41, 5.74) is 2.15. The van der Waals surface area contributed by atoms with Crippen LogP contribution in [0.5, 0.6) is 0 Å². The second kappa shape index (κ2) is 9.19. The van der Waals surface area contributed by atoms with Gasteiger partial charge in [0.2, 0.25) is 0 Å². The van der Waals surface area contributed by atoms with Crippen molar-refractivity contribution in [3.8, 4) is 0 Å². The number of amides is 2. The second-order valence-electron chi connectivity index (χ2n) is 6.43. The fraction of sp³-hybridized carbons (Fsp3) is 0.0952. The van der Waals surface area contributed by atoms with Crippen LogP contribution in [0.3, 0.4) is 0 Å². The van der Waals surface area contributed by atoms with E-state index in [1.807, 2.05) is 6.07 Å². The van der Waals surface area contributed by atoms with Gasteiger partial charge in [-0.1, -0.05) is 6.07 Å². The van der Waals surface area contributed by atoms with Crippen molar-refractivity contribution in [1.29, 1.82) is 0 Å². The lowest BCUT2D eigenvalue weighted by molar-refractivity contribution is 0.101. The zero-order valence-corrected chi connectivity index (χ0v) is 16.9. The topological polar surface area (TPSA) is 117 Å². The molecular formula is C21H20N4O4S. The summed E-state index contributed by atoms with van der Waals surface area (Å²) in [7, 11) is -3.81. The van der Waals surface area contributed by atoms with E-state index in [4.69, 9.17) is 0 Å². The Morgan fingerprint density at radius 1 is 0.933 bits per heavy atom. The lowest BCUT2D eigenvalue weighted by Crippen LogP contribution is -2.28. The van der Waals surface area contributed by atoms with E-state index in [0.29, 0.717) is 23.5 Å². The number of Topliss-reactive ketones (excluding diaryl/α,β-unsaturated/α-hetero) is 1. The molecule has 0 saturated carbocycles. The number of sulfonamides is 1. The number of benzene rings is 2. The molecule has 154 valence electrons. The Morgan fingerprint density at radius 2 is 1.60 bits per heavy atom. The van der Waals surface area contributed by atoms with Gasteiger partial charge in [-0.25, -0.2) is 13.2 Å². The molecule has 9 heteroatoms. The minimum Gasteiger partial charge on any atom is -0.334 e. The molecule has 2 amide bonds. The van der Waals surface area contributed by atoms with Crippen LogP contribution in [0.25, 0.3) is 0 Å². The number of ketones is 1. The molecule has 0 saturated heterocycles. The van der Waals surface area contributed by atoms with Gasteiger partial charge in [-0.3, -0.25) is 14.5 Å². The van der Waals surface area contributed by atoms with Gasteiger partial charge in [0.25, 0.3) is 10.0 Å². The Labute approximate surface area is 174 Å². The number of hydrogen-bond donors (Lipinski definition) is 3. The summed E-state index contributed by atoms with van der Waals surface area (Å²) in [6.45, 7) is 1.76. The normalized spacial score (nSPS) is 10.8. The minimum absolute atomic E-state index is 0.0412. The highest BCUT2D eigenvalue weighted by Gasteiger charge is 2.14. The molecule has 0 unspecified atom stereocenters. The third-order valence-corrected chi connectivity index (χ3v) is 5.54. The van der Waals surface area contributed by atoms with Gasteiger partial charge >= 0.3 is 6.03 Å². The summed E-state index contributed by atoms with van der Waals surface area (Å²) in [4.78, 5) is 27.3. The Hall–Kier alpha value is -3.72. The van der Waals surface area contributed by atoms with Gasteiger partial charge in [0.1, 0.15) is 0 Å². The molecule has 0 aliphatic heterocycles. The highest BCUT2D eigenvalue weighted by atomic mass is 32.2. The zero-order chi connectivity index (χ0) is 21.6. The first kappa shape index (κ1) is 21.0. The number of carbonyl (C=O) groups is 2. The van der Waals surface area contributed by atoms with Gasteiger partial charge in [-0.05, 0) is 67.1 Å². The molecule has 1 aromatic heterocycles. The number of pyridine rings is 1. The van der Waals surface area contributed by atoms with Crippen LogP contribution >= 0.6 is 0 Å². The van der Waals surface area contributed by atoms with Crippen LogP contribution in [0.1, 0.15) is 22.8 Å².